The third-order valence-electron chi connectivity index (χ3n) is 7.60. The predicted octanol–water partition coefficient (Wildman–Crippen LogP) is 5.71. The van der Waals surface area contributed by atoms with Crippen molar-refractivity contribution >= 4 is 33.4 Å². The van der Waals surface area contributed by atoms with E-state index in [-0.39, 0.29) is 17.8 Å². The Labute approximate surface area is 256 Å². The van der Waals surface area contributed by atoms with Crippen molar-refractivity contribution in [3.05, 3.63) is 99.7 Å². The quantitative estimate of drug-likeness (QED) is 0.178. The highest BCUT2D eigenvalue weighted by Crippen LogP contribution is 2.28. The number of carbonyl (C=O) groups excluding carboxylic acids is 1. The molecule has 9 nitrogen and oxygen atoms in total. The van der Waals surface area contributed by atoms with E-state index in [1.54, 1.807) is 51.7 Å². The molecule has 2 N–H and O–H groups in total. The normalized spacial score (nSPS) is 11.1. The van der Waals surface area contributed by atoms with Crippen molar-refractivity contribution in [1.82, 2.24) is 9.88 Å². The van der Waals surface area contributed by atoms with E-state index in [9.17, 15) is 9.59 Å². The van der Waals surface area contributed by atoms with Crippen LogP contribution in [-0.2, 0) is 17.8 Å². The van der Waals surface area contributed by atoms with E-state index in [0.29, 0.717) is 51.3 Å². The number of hydrogen-bond acceptors (Lipinski definition) is 7. The minimum Gasteiger partial charge on any atom is -0.495 e. The summed E-state index contributed by atoms with van der Waals surface area (Å²) < 4.78 is 22.2. The van der Waals surface area contributed by atoms with Crippen LogP contribution in [0.4, 0.5) is 5.69 Å². The molecular weight excluding hydrogens is 558 g/mol. The lowest BCUT2D eigenvalue weighted by Gasteiger charge is -2.18. The molecule has 0 fully saturated rings. The number of fused-ring (bicyclic) bond motifs is 2. The lowest BCUT2D eigenvalue weighted by atomic mass is 10.0. The number of nitrogens with one attached hydrogen (secondary N) is 2. The second-order valence-electron chi connectivity index (χ2n) is 10.7. The second-order valence-corrected chi connectivity index (χ2v) is 10.7. The zero-order chi connectivity index (χ0) is 31.2. The van der Waals surface area contributed by atoms with Gasteiger partial charge in [0.1, 0.15) is 18.1 Å². The van der Waals surface area contributed by atoms with Gasteiger partial charge in [-0.15, -0.1) is 0 Å². The highest BCUT2D eigenvalue weighted by atomic mass is 16.5. The summed E-state index contributed by atoms with van der Waals surface area (Å²) in [5.41, 5.74) is 4.56. The number of aromatic nitrogens is 1. The summed E-state index contributed by atoms with van der Waals surface area (Å²) in [6.07, 6.45) is 0.0953. The van der Waals surface area contributed by atoms with E-state index in [4.69, 9.17) is 18.9 Å². The zero-order valence-electron chi connectivity index (χ0n) is 25.7. The largest absolute Gasteiger partial charge is 0.495 e. The minimum atomic E-state index is -0.188. The van der Waals surface area contributed by atoms with Crippen LogP contribution < -0.4 is 29.7 Å². The lowest BCUT2D eigenvalue weighted by molar-refractivity contribution is -0.115. The number of para-hydroxylation sites is 2. The number of methoxy groups -OCH3 is 3. The molecule has 0 aliphatic rings. The van der Waals surface area contributed by atoms with Crippen LogP contribution in [0.1, 0.15) is 16.7 Å². The standard InChI is InChI=1S/C35H37N3O6/c1-22-18-25(44-17-16-38(2)21-23-12-15-29(41-3)31(19-23)43-5)13-14-28(22)36-32(39)20-24-8-6-9-26-33(24)37-34-27(35(26)40)10-7-11-30(34)42-4/h6-15,18-19H,16-17,20-21H2,1-5H3,(H,36,39)(H,37,40). The van der Waals surface area contributed by atoms with Crippen LogP contribution >= 0.6 is 0 Å². The van der Waals surface area contributed by atoms with E-state index in [1.807, 2.05) is 56.4 Å². The number of H-pyrrole nitrogens is 1. The third-order valence-corrected chi connectivity index (χ3v) is 7.60. The molecule has 5 rings (SSSR count). The number of anilines is 1. The molecule has 0 unspecified atom stereocenters. The number of hydrogen-bond donors (Lipinski definition) is 2. The molecule has 0 saturated carbocycles. The predicted molar refractivity (Wildman–Crippen MR) is 174 cm³/mol. The SMILES string of the molecule is COc1ccc(CN(C)CCOc2ccc(NC(=O)Cc3cccc4c(=O)c5cccc(OC)c5[nH]c34)c(C)c2)cc1OC. The third kappa shape index (κ3) is 6.63. The molecule has 5 aromatic rings. The number of ether oxygens (including phenoxy) is 4. The molecular formula is C35H37N3O6. The highest BCUT2D eigenvalue weighted by Gasteiger charge is 2.15. The summed E-state index contributed by atoms with van der Waals surface area (Å²) in [5.74, 6) is 2.53. The lowest BCUT2D eigenvalue weighted by Crippen LogP contribution is -2.24. The number of pyridine rings is 1. The molecule has 1 aromatic heterocycles. The zero-order valence-corrected chi connectivity index (χ0v) is 25.7. The molecule has 0 spiro atoms. The van der Waals surface area contributed by atoms with E-state index < -0.39 is 0 Å². The number of benzene rings is 4. The summed E-state index contributed by atoms with van der Waals surface area (Å²) in [7, 11) is 6.86. The maximum atomic E-state index is 13.2. The van der Waals surface area contributed by atoms with Gasteiger partial charge in [-0.2, -0.15) is 0 Å². The highest BCUT2D eigenvalue weighted by molar-refractivity contribution is 5.99. The Morgan fingerprint density at radius 1 is 0.841 bits per heavy atom. The monoisotopic (exact) mass is 595 g/mol. The molecule has 0 atom stereocenters. The number of aromatic amines is 1. The van der Waals surface area contributed by atoms with Gasteiger partial charge in [0.15, 0.2) is 16.9 Å². The Balaban J connectivity index is 1.20. The fraction of sp³-hybridized carbons (Fsp3) is 0.257. The second kappa shape index (κ2) is 13.5. The maximum Gasteiger partial charge on any atom is 0.228 e. The van der Waals surface area contributed by atoms with Gasteiger partial charge in [-0.1, -0.05) is 24.3 Å². The Morgan fingerprint density at radius 2 is 1.57 bits per heavy atom. The number of likely N-dealkylation sites (N-methyl/N-ethyl adjacent to an activating group) is 1. The van der Waals surface area contributed by atoms with Crippen molar-refractivity contribution < 1.29 is 23.7 Å². The van der Waals surface area contributed by atoms with E-state index in [0.717, 1.165) is 35.5 Å². The first kappa shape index (κ1) is 30.4. The average molecular weight is 596 g/mol. The molecule has 1 amide bonds. The first-order valence-electron chi connectivity index (χ1n) is 14.3. The summed E-state index contributed by atoms with van der Waals surface area (Å²) in [6.45, 7) is 3.90. The van der Waals surface area contributed by atoms with Gasteiger partial charge in [0.25, 0.3) is 0 Å². The van der Waals surface area contributed by atoms with Crippen LogP contribution in [0.5, 0.6) is 23.0 Å². The molecule has 44 heavy (non-hydrogen) atoms. The van der Waals surface area contributed by atoms with E-state index in [1.165, 1.54) is 0 Å². The molecule has 1 heterocycles. The van der Waals surface area contributed by atoms with Crippen molar-refractivity contribution in [3.8, 4) is 23.0 Å². The summed E-state index contributed by atoms with van der Waals surface area (Å²) in [6, 6.07) is 22.3. The fourth-order valence-corrected chi connectivity index (χ4v) is 5.30. The van der Waals surface area contributed by atoms with Gasteiger partial charge < -0.3 is 29.2 Å². The van der Waals surface area contributed by atoms with E-state index in [2.05, 4.69) is 15.2 Å². The Bertz CT molecular complexity index is 1870. The maximum absolute atomic E-state index is 13.2. The Hall–Kier alpha value is -5.02. The van der Waals surface area contributed by atoms with Crippen LogP contribution in [0, 0.1) is 6.92 Å². The van der Waals surface area contributed by atoms with Crippen molar-refractivity contribution in [2.45, 2.75) is 19.9 Å². The van der Waals surface area contributed by atoms with Crippen molar-refractivity contribution in [2.75, 3.05) is 46.8 Å². The fourth-order valence-electron chi connectivity index (χ4n) is 5.30. The van der Waals surface area contributed by atoms with Gasteiger partial charge in [0.2, 0.25) is 5.91 Å². The number of rotatable bonds is 12. The molecule has 228 valence electrons. The number of amides is 1. The minimum absolute atomic E-state index is 0.0953. The smallest absolute Gasteiger partial charge is 0.228 e. The molecule has 0 aliphatic heterocycles. The van der Waals surface area contributed by atoms with Crippen LogP contribution in [0.15, 0.2) is 77.6 Å². The van der Waals surface area contributed by atoms with Crippen LogP contribution in [0.25, 0.3) is 21.8 Å². The molecule has 0 saturated heterocycles. The molecule has 9 heteroatoms. The summed E-state index contributed by atoms with van der Waals surface area (Å²) in [5, 5.41) is 4.08. The van der Waals surface area contributed by atoms with E-state index >= 15 is 0 Å². The van der Waals surface area contributed by atoms with Crippen LogP contribution in [0.3, 0.4) is 0 Å². The average Bonchev–Trinajstić information content (AvgIpc) is 3.02. The van der Waals surface area contributed by atoms with Gasteiger partial charge in [-0.25, -0.2) is 0 Å². The van der Waals surface area contributed by atoms with Crippen molar-refractivity contribution in [1.29, 1.82) is 0 Å². The topological polar surface area (TPSA) is 102 Å². The molecule has 0 radical (unpaired) electrons. The van der Waals surface area contributed by atoms with Gasteiger partial charge in [-0.3, -0.25) is 14.5 Å². The Kier molecular flexibility index (Phi) is 9.35. The van der Waals surface area contributed by atoms with Crippen molar-refractivity contribution in [2.24, 2.45) is 0 Å². The van der Waals surface area contributed by atoms with Gasteiger partial charge >= 0.3 is 0 Å². The first-order valence-corrected chi connectivity index (χ1v) is 14.3. The van der Waals surface area contributed by atoms with Gasteiger partial charge in [-0.05, 0) is 79.2 Å². The van der Waals surface area contributed by atoms with Crippen LogP contribution in [-0.4, -0.2) is 57.3 Å². The Morgan fingerprint density at radius 3 is 2.30 bits per heavy atom. The number of nitrogens with zero attached hydrogens (tertiary/aromatic N) is 1. The first-order chi connectivity index (χ1) is 21.3. The van der Waals surface area contributed by atoms with Gasteiger partial charge in [0, 0.05) is 29.5 Å². The molecule has 4 aromatic carbocycles. The molecule has 0 aliphatic carbocycles. The molecule has 0 bridgehead atoms. The van der Waals surface area contributed by atoms with Gasteiger partial charge in [0.05, 0.1) is 38.8 Å². The van der Waals surface area contributed by atoms with Crippen molar-refractivity contribution in [3.63, 3.8) is 0 Å². The number of aryl methyl sites for hydroxylation is 1. The summed E-state index contributed by atoms with van der Waals surface area (Å²) in [4.78, 5) is 31.8. The summed E-state index contributed by atoms with van der Waals surface area (Å²) >= 11 is 0. The van der Waals surface area contributed by atoms with Crippen LogP contribution in [0.2, 0.25) is 0 Å². The number of carbonyl (C=O) groups is 1.